The van der Waals surface area contributed by atoms with Crippen molar-refractivity contribution in [3.8, 4) is 5.75 Å². The monoisotopic (exact) mass is 341 g/mol. The molecule has 0 bridgehead atoms. The SMILES string of the molecule is COc1ccc2cccc(CC(=O)N3CCOCC34CCOC4)c2c1. The van der Waals surface area contributed by atoms with Crippen molar-refractivity contribution in [1.29, 1.82) is 0 Å². The predicted molar refractivity (Wildman–Crippen MR) is 94.9 cm³/mol. The van der Waals surface area contributed by atoms with E-state index in [-0.39, 0.29) is 11.4 Å². The molecule has 1 amide bonds. The highest BCUT2D eigenvalue weighted by Crippen LogP contribution is 2.31. The lowest BCUT2D eigenvalue weighted by atomic mass is 9.94. The molecule has 0 radical (unpaired) electrons. The van der Waals surface area contributed by atoms with Crippen LogP contribution < -0.4 is 4.74 Å². The Morgan fingerprint density at radius 3 is 2.84 bits per heavy atom. The van der Waals surface area contributed by atoms with Crippen molar-refractivity contribution in [2.45, 2.75) is 18.4 Å². The van der Waals surface area contributed by atoms with Crippen LogP contribution in [0.1, 0.15) is 12.0 Å². The zero-order valence-electron chi connectivity index (χ0n) is 14.5. The first kappa shape index (κ1) is 16.4. The van der Waals surface area contributed by atoms with Gasteiger partial charge in [-0.15, -0.1) is 0 Å². The van der Waals surface area contributed by atoms with E-state index in [1.165, 1.54) is 0 Å². The molecule has 0 N–H and O–H groups in total. The molecule has 25 heavy (non-hydrogen) atoms. The molecule has 2 aromatic carbocycles. The summed E-state index contributed by atoms with van der Waals surface area (Å²) >= 11 is 0. The minimum atomic E-state index is -0.280. The van der Waals surface area contributed by atoms with Crippen molar-refractivity contribution in [1.82, 2.24) is 4.90 Å². The van der Waals surface area contributed by atoms with Crippen LogP contribution in [0.5, 0.6) is 5.75 Å². The maximum atomic E-state index is 13.1. The molecule has 1 unspecified atom stereocenters. The summed E-state index contributed by atoms with van der Waals surface area (Å²) in [6, 6.07) is 12.1. The molecule has 5 nitrogen and oxygen atoms in total. The average Bonchev–Trinajstić information content (AvgIpc) is 3.10. The van der Waals surface area contributed by atoms with Gasteiger partial charge in [0.15, 0.2) is 0 Å². The quantitative estimate of drug-likeness (QED) is 0.860. The van der Waals surface area contributed by atoms with Crippen LogP contribution in [0.3, 0.4) is 0 Å². The Balaban J connectivity index is 1.63. The molecule has 2 aliphatic rings. The molecule has 1 spiro atoms. The Morgan fingerprint density at radius 2 is 2.04 bits per heavy atom. The normalized spacial score (nSPS) is 23.3. The van der Waals surface area contributed by atoms with Crippen LogP contribution in [0.25, 0.3) is 10.8 Å². The van der Waals surface area contributed by atoms with Gasteiger partial charge >= 0.3 is 0 Å². The Labute approximate surface area is 147 Å². The third-order valence-corrected chi connectivity index (χ3v) is 5.31. The van der Waals surface area contributed by atoms with E-state index in [4.69, 9.17) is 14.2 Å². The number of benzene rings is 2. The summed E-state index contributed by atoms with van der Waals surface area (Å²) in [5.74, 6) is 0.948. The Kier molecular flexibility index (Phi) is 4.36. The highest BCUT2D eigenvalue weighted by atomic mass is 16.5. The summed E-state index contributed by atoms with van der Waals surface area (Å²) in [6.07, 6.45) is 1.23. The minimum absolute atomic E-state index is 0.143. The largest absolute Gasteiger partial charge is 0.497 e. The number of carbonyl (C=O) groups is 1. The van der Waals surface area contributed by atoms with Gasteiger partial charge in [-0.25, -0.2) is 0 Å². The van der Waals surface area contributed by atoms with Crippen molar-refractivity contribution in [2.75, 3.05) is 40.1 Å². The maximum Gasteiger partial charge on any atom is 0.227 e. The number of hydrogen-bond acceptors (Lipinski definition) is 4. The van der Waals surface area contributed by atoms with Crippen LogP contribution in [0.4, 0.5) is 0 Å². The molecule has 0 aromatic heterocycles. The van der Waals surface area contributed by atoms with E-state index in [0.717, 1.165) is 28.5 Å². The third kappa shape index (κ3) is 2.98. The van der Waals surface area contributed by atoms with Crippen molar-refractivity contribution in [3.05, 3.63) is 42.0 Å². The van der Waals surface area contributed by atoms with Crippen molar-refractivity contribution in [2.24, 2.45) is 0 Å². The zero-order chi connectivity index (χ0) is 17.3. The fourth-order valence-electron chi connectivity index (χ4n) is 3.90. The van der Waals surface area contributed by atoms with Gasteiger partial charge in [-0.1, -0.05) is 24.3 Å². The summed E-state index contributed by atoms with van der Waals surface area (Å²) in [4.78, 5) is 15.1. The molecule has 2 aliphatic heterocycles. The second-order valence-corrected chi connectivity index (χ2v) is 6.81. The van der Waals surface area contributed by atoms with Gasteiger partial charge in [0.1, 0.15) is 5.75 Å². The van der Waals surface area contributed by atoms with Gasteiger partial charge in [0, 0.05) is 13.2 Å². The molecular weight excluding hydrogens is 318 g/mol. The molecule has 1 atom stereocenters. The second-order valence-electron chi connectivity index (χ2n) is 6.81. The summed E-state index contributed by atoms with van der Waals surface area (Å²) in [7, 11) is 1.66. The number of morpholine rings is 1. The molecule has 0 aliphatic carbocycles. The molecule has 2 saturated heterocycles. The first-order chi connectivity index (χ1) is 12.2. The lowest BCUT2D eigenvalue weighted by Crippen LogP contribution is -2.60. The Morgan fingerprint density at radius 1 is 1.20 bits per heavy atom. The smallest absolute Gasteiger partial charge is 0.227 e. The van der Waals surface area contributed by atoms with E-state index in [0.29, 0.717) is 39.4 Å². The van der Waals surface area contributed by atoms with E-state index < -0.39 is 0 Å². The minimum Gasteiger partial charge on any atom is -0.497 e. The van der Waals surface area contributed by atoms with Crippen LogP contribution >= 0.6 is 0 Å². The van der Waals surface area contributed by atoms with E-state index in [2.05, 4.69) is 6.07 Å². The highest BCUT2D eigenvalue weighted by molar-refractivity contribution is 5.91. The molecule has 2 heterocycles. The molecule has 0 saturated carbocycles. The first-order valence-corrected chi connectivity index (χ1v) is 8.73. The Bertz CT molecular complexity index is 782. The standard InChI is InChI=1S/C20H23NO4/c1-23-17-6-5-15-3-2-4-16(18(15)12-17)11-19(22)21-8-10-25-14-20(21)7-9-24-13-20/h2-6,12H,7-11,13-14H2,1H3. The lowest BCUT2D eigenvalue weighted by Gasteiger charge is -2.43. The number of ether oxygens (including phenoxy) is 3. The number of rotatable bonds is 3. The van der Waals surface area contributed by atoms with Crippen LogP contribution in [0.15, 0.2) is 36.4 Å². The van der Waals surface area contributed by atoms with Crippen molar-refractivity contribution in [3.63, 3.8) is 0 Å². The van der Waals surface area contributed by atoms with Crippen LogP contribution in [-0.4, -0.2) is 56.4 Å². The van der Waals surface area contributed by atoms with Crippen molar-refractivity contribution >= 4 is 16.7 Å². The van der Waals surface area contributed by atoms with E-state index in [9.17, 15) is 4.79 Å². The predicted octanol–water partition coefficient (Wildman–Crippen LogP) is 2.41. The van der Waals surface area contributed by atoms with Crippen LogP contribution in [0.2, 0.25) is 0 Å². The van der Waals surface area contributed by atoms with E-state index in [1.807, 2.05) is 35.2 Å². The van der Waals surface area contributed by atoms with Gasteiger partial charge < -0.3 is 19.1 Å². The second kappa shape index (κ2) is 6.65. The van der Waals surface area contributed by atoms with Gasteiger partial charge in [-0.2, -0.15) is 0 Å². The van der Waals surface area contributed by atoms with Crippen molar-refractivity contribution < 1.29 is 19.0 Å². The fraction of sp³-hybridized carbons (Fsp3) is 0.450. The molecule has 132 valence electrons. The van der Waals surface area contributed by atoms with Gasteiger partial charge in [0.2, 0.25) is 5.91 Å². The Hall–Kier alpha value is -2.11. The fourth-order valence-corrected chi connectivity index (χ4v) is 3.90. The molecule has 4 rings (SSSR count). The lowest BCUT2D eigenvalue weighted by molar-refractivity contribution is -0.148. The summed E-state index contributed by atoms with van der Waals surface area (Å²) in [6.45, 7) is 3.07. The van der Waals surface area contributed by atoms with Crippen LogP contribution in [-0.2, 0) is 20.7 Å². The molecule has 2 fully saturated rings. The average molecular weight is 341 g/mol. The first-order valence-electron chi connectivity index (χ1n) is 8.73. The number of carbonyl (C=O) groups excluding carboxylic acids is 1. The van der Waals surface area contributed by atoms with Gasteiger partial charge in [0.05, 0.1) is 38.9 Å². The number of amides is 1. The summed E-state index contributed by atoms with van der Waals surface area (Å²) in [5.41, 5.74) is 0.749. The summed E-state index contributed by atoms with van der Waals surface area (Å²) < 4.78 is 16.6. The highest BCUT2D eigenvalue weighted by Gasteiger charge is 2.45. The van der Waals surface area contributed by atoms with Crippen LogP contribution in [0, 0.1) is 0 Å². The number of fused-ring (bicyclic) bond motifs is 1. The summed E-state index contributed by atoms with van der Waals surface area (Å²) in [5, 5.41) is 2.19. The maximum absolute atomic E-state index is 13.1. The topological polar surface area (TPSA) is 48.0 Å². The molecule has 2 aromatic rings. The molecule has 5 heteroatoms. The van der Waals surface area contributed by atoms with Gasteiger partial charge in [0.25, 0.3) is 0 Å². The number of methoxy groups -OCH3 is 1. The van der Waals surface area contributed by atoms with Gasteiger partial charge in [-0.3, -0.25) is 4.79 Å². The van der Waals surface area contributed by atoms with Gasteiger partial charge in [-0.05, 0) is 34.9 Å². The third-order valence-electron chi connectivity index (χ3n) is 5.31. The zero-order valence-corrected chi connectivity index (χ0v) is 14.5. The van der Waals surface area contributed by atoms with E-state index >= 15 is 0 Å². The van der Waals surface area contributed by atoms with E-state index in [1.54, 1.807) is 7.11 Å². The number of nitrogens with zero attached hydrogens (tertiary/aromatic N) is 1. The number of hydrogen-bond donors (Lipinski definition) is 0. The molecular formula is C20H23NO4.